The molecule has 0 bridgehead atoms. The minimum absolute atomic E-state index is 0.118. The van der Waals surface area contributed by atoms with E-state index >= 15 is 0 Å². The Hall–Kier alpha value is -0.0000000000000000763. The average molecular weight is 253 g/mol. The molecule has 0 saturated carbocycles. The van der Waals surface area contributed by atoms with Crippen molar-refractivity contribution in [1.29, 1.82) is 0 Å². The summed E-state index contributed by atoms with van der Waals surface area (Å²) in [5.41, 5.74) is 1.26. The van der Waals surface area contributed by atoms with E-state index in [4.69, 9.17) is 22.0 Å². The van der Waals surface area contributed by atoms with E-state index in [0.29, 0.717) is 6.61 Å². The molecule has 0 aromatic rings. The van der Waals surface area contributed by atoms with Gasteiger partial charge < -0.3 is 4.74 Å². The predicted molar refractivity (Wildman–Crippen MR) is 50.9 cm³/mol. The molecule has 3 nitrogen and oxygen atoms in total. The van der Waals surface area contributed by atoms with E-state index in [0.717, 1.165) is 11.8 Å². The molecule has 1 heterocycles. The van der Waals surface area contributed by atoms with E-state index in [1.165, 1.54) is 9.68 Å². The number of hydrogen-bond donors (Lipinski definition) is 0. The van der Waals surface area contributed by atoms with Crippen LogP contribution in [0.15, 0.2) is 11.6 Å². The summed E-state index contributed by atoms with van der Waals surface area (Å²) in [5.74, 6) is 0. The van der Waals surface area contributed by atoms with Gasteiger partial charge in [0.2, 0.25) is 0 Å². The molecule has 1 rings (SSSR count). The summed E-state index contributed by atoms with van der Waals surface area (Å²) in [5, 5.41) is 0.865. The van der Waals surface area contributed by atoms with Crippen molar-refractivity contribution >= 4 is 28.4 Å². The number of halogens is 1. The lowest BCUT2D eigenvalue weighted by molar-refractivity contribution is -0.808. The van der Waals surface area contributed by atoms with Crippen LogP contribution in [0, 0.1) is 0 Å². The maximum atomic E-state index is 5.43. The lowest BCUT2D eigenvalue weighted by Gasteiger charge is -2.15. The highest BCUT2D eigenvalue weighted by Gasteiger charge is 2.26. The van der Waals surface area contributed by atoms with Crippen LogP contribution in [0.2, 0.25) is 0 Å². The van der Waals surface area contributed by atoms with Gasteiger partial charge >= 0.3 is 18.7 Å². The van der Waals surface area contributed by atoms with Gasteiger partial charge in [-0.25, -0.2) is 0 Å². The van der Waals surface area contributed by atoms with Crippen LogP contribution in [0.3, 0.4) is 0 Å². The van der Waals surface area contributed by atoms with Gasteiger partial charge in [0.25, 0.3) is 0 Å². The third kappa shape index (κ3) is 2.50. The van der Waals surface area contributed by atoms with Gasteiger partial charge in [0.15, 0.2) is 7.11 Å². The molecule has 1 aliphatic rings. The number of rotatable bonds is 3. The van der Waals surface area contributed by atoms with Crippen molar-refractivity contribution in [3.05, 3.63) is 11.6 Å². The molecule has 0 saturated heterocycles. The lowest BCUT2D eigenvalue weighted by atomic mass is 10.2. The summed E-state index contributed by atoms with van der Waals surface area (Å²) in [7, 11) is 1.54. The molecule has 1 atom stereocenters. The molecular formula is C7H11BrNO2S+. The predicted octanol–water partition coefficient (Wildman–Crippen LogP) is 1.36. The zero-order valence-electron chi connectivity index (χ0n) is 6.83. The molecule has 0 radical (unpaired) electrons. The summed E-state index contributed by atoms with van der Waals surface area (Å²) < 4.78 is 6.74. The summed E-state index contributed by atoms with van der Waals surface area (Å²) in [4.78, 5) is 4.84. The zero-order chi connectivity index (χ0) is 8.97. The van der Waals surface area contributed by atoms with Crippen molar-refractivity contribution in [2.45, 2.75) is 12.6 Å². The number of ether oxygens (including phenoxy) is 1. The molecule has 68 valence electrons. The lowest BCUT2D eigenvalue weighted by Crippen LogP contribution is -2.29. The van der Waals surface area contributed by atoms with Crippen LogP contribution in [-0.4, -0.2) is 29.4 Å². The van der Waals surface area contributed by atoms with Gasteiger partial charge in [-0.2, -0.15) is 0 Å². The second-order valence-electron chi connectivity index (χ2n) is 2.47. The number of alkyl halides is 1. The molecule has 0 aromatic heterocycles. The van der Waals surface area contributed by atoms with Crippen LogP contribution in [0.5, 0.6) is 0 Å². The summed E-state index contributed by atoms with van der Waals surface area (Å²) in [6.07, 6.45) is 2.80. The first-order valence-electron chi connectivity index (χ1n) is 3.64. The van der Waals surface area contributed by atoms with Gasteiger partial charge in [-0.1, -0.05) is 22.0 Å². The standard InChI is InChI=1S/C7H11BrNO2S/c1-10-9(12)7-3-2-6(4-8)5-11-7/h2,7H,3-5H2,1H3/q+1. The van der Waals surface area contributed by atoms with Crippen LogP contribution >= 0.6 is 15.9 Å². The maximum Gasteiger partial charge on any atom is 0.325 e. The SMILES string of the molecule is CO[N+](=S)C1CC=C(CBr)CO1. The van der Waals surface area contributed by atoms with Crippen molar-refractivity contribution < 1.29 is 13.7 Å². The van der Waals surface area contributed by atoms with Gasteiger partial charge in [-0.05, 0) is 5.57 Å². The molecule has 0 fully saturated rings. The van der Waals surface area contributed by atoms with Crippen molar-refractivity contribution in [3.8, 4) is 0 Å². The van der Waals surface area contributed by atoms with E-state index in [-0.39, 0.29) is 6.23 Å². The van der Waals surface area contributed by atoms with Gasteiger partial charge in [0.05, 0.1) is 17.1 Å². The first kappa shape index (κ1) is 10.1. The van der Waals surface area contributed by atoms with Crippen molar-refractivity contribution in [3.63, 3.8) is 0 Å². The molecule has 0 aliphatic carbocycles. The minimum Gasteiger partial charge on any atom is -0.312 e. The highest BCUT2D eigenvalue weighted by atomic mass is 79.9. The van der Waals surface area contributed by atoms with E-state index in [9.17, 15) is 0 Å². The largest absolute Gasteiger partial charge is 0.325 e. The first-order valence-corrected chi connectivity index (χ1v) is 5.12. The Kier molecular flexibility index (Phi) is 4.11. The zero-order valence-corrected chi connectivity index (χ0v) is 9.23. The normalized spacial score (nSPS) is 23.2. The van der Waals surface area contributed by atoms with Crippen LogP contribution < -0.4 is 0 Å². The Morgan fingerprint density at radius 1 is 1.92 bits per heavy atom. The van der Waals surface area contributed by atoms with Gasteiger partial charge in [-0.15, -0.1) is 0 Å². The smallest absolute Gasteiger partial charge is 0.312 e. The second kappa shape index (κ2) is 4.89. The molecule has 12 heavy (non-hydrogen) atoms. The Balaban J connectivity index is 2.46. The Morgan fingerprint density at radius 3 is 3.08 bits per heavy atom. The fourth-order valence-electron chi connectivity index (χ4n) is 0.955. The van der Waals surface area contributed by atoms with Crippen LogP contribution in [0.1, 0.15) is 6.42 Å². The van der Waals surface area contributed by atoms with Crippen molar-refractivity contribution in [2.24, 2.45) is 0 Å². The van der Waals surface area contributed by atoms with E-state index < -0.39 is 0 Å². The quantitative estimate of drug-likeness (QED) is 0.328. The van der Waals surface area contributed by atoms with E-state index in [1.54, 1.807) is 7.11 Å². The Morgan fingerprint density at radius 2 is 2.67 bits per heavy atom. The molecule has 0 amide bonds. The second-order valence-corrected chi connectivity index (χ2v) is 3.39. The van der Waals surface area contributed by atoms with Crippen LogP contribution in [0.4, 0.5) is 0 Å². The van der Waals surface area contributed by atoms with Crippen LogP contribution in [-0.2, 0) is 22.0 Å². The average Bonchev–Trinajstić information content (AvgIpc) is 2.17. The summed E-state index contributed by atoms with van der Waals surface area (Å²) in [6.45, 7) is 0.631. The third-order valence-electron chi connectivity index (χ3n) is 1.66. The van der Waals surface area contributed by atoms with Gasteiger partial charge in [0, 0.05) is 5.33 Å². The third-order valence-corrected chi connectivity index (χ3v) is 2.76. The van der Waals surface area contributed by atoms with Crippen molar-refractivity contribution in [1.82, 2.24) is 0 Å². The Bertz CT molecular complexity index is 208. The van der Waals surface area contributed by atoms with Gasteiger partial charge in [0.1, 0.15) is 0 Å². The minimum atomic E-state index is -0.118. The molecule has 0 aromatic carbocycles. The molecule has 0 N–H and O–H groups in total. The Labute approximate surface area is 85.6 Å². The molecule has 5 heteroatoms. The summed E-state index contributed by atoms with van der Waals surface area (Å²) >= 11 is 8.24. The number of hydroxylamine groups is 1. The van der Waals surface area contributed by atoms with E-state index in [2.05, 4.69) is 22.0 Å². The highest BCUT2D eigenvalue weighted by Crippen LogP contribution is 2.14. The highest BCUT2D eigenvalue weighted by molar-refractivity contribution is 9.09. The van der Waals surface area contributed by atoms with Crippen molar-refractivity contribution in [2.75, 3.05) is 19.0 Å². The summed E-state index contributed by atoms with van der Waals surface area (Å²) in [6, 6.07) is 0. The molecular weight excluding hydrogens is 242 g/mol. The number of hydrogen-bond acceptors (Lipinski definition) is 3. The van der Waals surface area contributed by atoms with Crippen LogP contribution in [0.25, 0.3) is 0 Å². The molecule has 1 unspecified atom stereocenters. The fourth-order valence-corrected chi connectivity index (χ4v) is 1.49. The topological polar surface area (TPSA) is 21.5 Å². The van der Waals surface area contributed by atoms with Gasteiger partial charge in [-0.3, -0.25) is 4.84 Å². The first-order chi connectivity index (χ1) is 5.77. The monoisotopic (exact) mass is 252 g/mol. The maximum absolute atomic E-state index is 5.43. The molecule has 0 spiro atoms. The number of nitrogens with zero attached hydrogens (tertiary/aromatic N) is 1. The molecule has 1 aliphatic heterocycles. The fraction of sp³-hybridized carbons (Fsp3) is 0.714. The van der Waals surface area contributed by atoms with E-state index in [1.807, 2.05) is 0 Å².